The minimum atomic E-state index is -2.64. The van der Waals surface area contributed by atoms with Crippen LogP contribution in [0.15, 0.2) is 23.0 Å². The smallest absolute Gasteiger partial charge is 0.255 e. The van der Waals surface area contributed by atoms with Crippen LogP contribution in [0.1, 0.15) is 48.9 Å². The number of fused-ring (bicyclic) bond motifs is 5. The van der Waals surface area contributed by atoms with E-state index < -0.39 is 58.0 Å². The van der Waals surface area contributed by atoms with Crippen molar-refractivity contribution < 1.29 is 34.8 Å². The van der Waals surface area contributed by atoms with Gasteiger partial charge in [-0.2, -0.15) is 0 Å². The van der Waals surface area contributed by atoms with Gasteiger partial charge in [-0.25, -0.2) is 0 Å². The van der Waals surface area contributed by atoms with Gasteiger partial charge in [0, 0.05) is 36.8 Å². The average molecular weight is 541 g/mol. The lowest BCUT2D eigenvalue weighted by Gasteiger charge is -2.50. The summed E-state index contributed by atoms with van der Waals surface area (Å²) in [7, 11) is 5.11. The van der Waals surface area contributed by atoms with E-state index in [4.69, 9.17) is 5.73 Å². The number of nitrogens with two attached hydrogens (primary N) is 1. The number of Topliss-reactive ketones (excluding diaryl/α,β-unsaturated/α-hetero) is 2. The molecule has 0 spiro atoms. The molecular weight excluding hydrogens is 504 g/mol. The molecule has 0 radical (unpaired) electrons. The second kappa shape index (κ2) is 9.35. The Morgan fingerprint density at radius 3 is 2.56 bits per heavy atom. The summed E-state index contributed by atoms with van der Waals surface area (Å²) in [5.41, 5.74) is 4.38. The highest BCUT2D eigenvalue weighted by atomic mass is 16.3. The Bertz CT molecular complexity index is 1350. The zero-order valence-electron chi connectivity index (χ0n) is 22.6. The quantitative estimate of drug-likeness (QED) is 0.294. The van der Waals surface area contributed by atoms with Crippen molar-refractivity contribution in [1.29, 1.82) is 0 Å². The molecule has 11 nitrogen and oxygen atoms in total. The van der Waals surface area contributed by atoms with Gasteiger partial charge in [0.1, 0.15) is 22.8 Å². The molecule has 1 aromatic carbocycles. The van der Waals surface area contributed by atoms with Gasteiger partial charge in [-0.15, -0.1) is 0 Å². The molecule has 1 unspecified atom stereocenters. The van der Waals surface area contributed by atoms with Crippen LogP contribution in [0.2, 0.25) is 0 Å². The summed E-state index contributed by atoms with van der Waals surface area (Å²) in [6.07, 6.45) is 2.13. The lowest BCUT2D eigenvalue weighted by Crippen LogP contribution is -2.65. The third-order valence-electron chi connectivity index (χ3n) is 8.87. The molecule has 0 saturated heterocycles. The number of primary amides is 1. The van der Waals surface area contributed by atoms with E-state index in [2.05, 4.69) is 17.1 Å². The molecule has 5 rings (SSSR count). The van der Waals surface area contributed by atoms with Crippen LogP contribution in [0.3, 0.4) is 0 Å². The first-order valence-electron chi connectivity index (χ1n) is 13.3. The number of anilines is 1. The predicted octanol–water partition coefficient (Wildman–Crippen LogP) is 0.845. The SMILES string of the molecule is CCCNC1CCN(C)c2c1cc(O)c1c2C[C@@H]2C[C@@H]3[C@@H](N(C)C)C(=O)C(C(N)=O)=C(O)[C@@]3(O)C(=O)C2=C1O. The lowest BCUT2D eigenvalue weighted by molar-refractivity contribution is -0.153. The fourth-order valence-electron chi connectivity index (χ4n) is 7.17. The Morgan fingerprint density at radius 1 is 1.26 bits per heavy atom. The van der Waals surface area contributed by atoms with Gasteiger partial charge in [0.15, 0.2) is 11.4 Å². The number of aliphatic hydroxyl groups is 3. The molecule has 11 heteroatoms. The van der Waals surface area contributed by atoms with Gasteiger partial charge < -0.3 is 36.4 Å². The number of rotatable bonds is 5. The second-order valence-electron chi connectivity index (χ2n) is 11.4. The van der Waals surface area contributed by atoms with E-state index in [-0.39, 0.29) is 35.8 Å². The molecule has 3 aliphatic carbocycles. The van der Waals surface area contributed by atoms with Gasteiger partial charge in [-0.3, -0.25) is 19.3 Å². The van der Waals surface area contributed by atoms with Crippen LogP contribution in [0.25, 0.3) is 5.76 Å². The normalized spacial score (nSPS) is 30.3. The van der Waals surface area contributed by atoms with Gasteiger partial charge in [0.2, 0.25) is 5.78 Å². The summed E-state index contributed by atoms with van der Waals surface area (Å²) in [5.74, 6) is -6.46. The van der Waals surface area contributed by atoms with E-state index >= 15 is 0 Å². The predicted molar refractivity (Wildman–Crippen MR) is 143 cm³/mol. The first kappa shape index (κ1) is 27.2. The number of nitrogens with zero attached hydrogens (tertiary/aromatic N) is 2. The molecule has 7 N–H and O–H groups in total. The van der Waals surface area contributed by atoms with Crippen molar-refractivity contribution in [3.8, 4) is 5.75 Å². The van der Waals surface area contributed by atoms with Crippen molar-refractivity contribution in [3.63, 3.8) is 0 Å². The van der Waals surface area contributed by atoms with E-state index in [1.807, 2.05) is 7.05 Å². The number of carbonyl (C=O) groups excluding carboxylic acids is 3. The van der Waals surface area contributed by atoms with Gasteiger partial charge in [0.25, 0.3) is 5.91 Å². The number of hydrogen-bond acceptors (Lipinski definition) is 10. The fourth-order valence-corrected chi connectivity index (χ4v) is 7.17. The van der Waals surface area contributed by atoms with E-state index in [0.717, 1.165) is 37.2 Å². The minimum Gasteiger partial charge on any atom is -0.508 e. The fraction of sp³-hybridized carbons (Fsp3) is 0.536. The van der Waals surface area contributed by atoms with Crippen molar-refractivity contribution in [2.24, 2.45) is 17.6 Å². The number of hydrogen-bond donors (Lipinski definition) is 6. The molecule has 1 heterocycles. The Labute approximate surface area is 226 Å². The van der Waals surface area contributed by atoms with E-state index in [9.17, 15) is 34.8 Å². The van der Waals surface area contributed by atoms with E-state index in [1.165, 1.54) is 4.90 Å². The summed E-state index contributed by atoms with van der Waals surface area (Å²) >= 11 is 0. The zero-order chi connectivity index (χ0) is 28.5. The molecule has 5 atom stereocenters. The molecule has 1 saturated carbocycles. The Hall–Kier alpha value is -3.41. The molecule has 4 aliphatic rings. The van der Waals surface area contributed by atoms with Crippen molar-refractivity contribution in [3.05, 3.63) is 39.7 Å². The maximum absolute atomic E-state index is 14.0. The topological polar surface area (TPSA) is 177 Å². The highest BCUT2D eigenvalue weighted by Crippen LogP contribution is 2.55. The standard InChI is InChI=1S/C28H36N4O7/c1-5-7-30-16-6-8-32(4)21-13(16)11-17(33)19-14(21)9-12-10-15-22(31(2)3)24(35)20(27(29)38)26(37)28(15,39)25(36)18(12)23(19)34/h11-12,15-16,22,30,33-34,37,39H,5-10H2,1-4H3,(H2,29,38)/t12-,15-,16?,22-,28+/m1/s1. The van der Waals surface area contributed by atoms with Crippen LogP contribution >= 0.6 is 0 Å². The molecule has 1 aromatic rings. The third kappa shape index (κ3) is 3.70. The Balaban J connectivity index is 1.71. The first-order valence-corrected chi connectivity index (χ1v) is 13.3. The van der Waals surface area contributed by atoms with Gasteiger partial charge >= 0.3 is 0 Å². The van der Waals surface area contributed by atoms with Crippen molar-refractivity contribution >= 4 is 28.9 Å². The maximum atomic E-state index is 14.0. The lowest BCUT2D eigenvalue weighted by atomic mass is 9.57. The van der Waals surface area contributed by atoms with Crippen LogP contribution in [0.4, 0.5) is 5.69 Å². The molecule has 0 bridgehead atoms. The molecule has 0 aromatic heterocycles. The third-order valence-corrected chi connectivity index (χ3v) is 8.87. The van der Waals surface area contributed by atoms with Crippen LogP contribution < -0.4 is 16.0 Å². The number of nitrogens with one attached hydrogen (secondary N) is 1. The second-order valence-corrected chi connectivity index (χ2v) is 11.4. The summed E-state index contributed by atoms with van der Waals surface area (Å²) in [6.45, 7) is 3.64. The number of carbonyl (C=O) groups is 3. The van der Waals surface area contributed by atoms with Gasteiger partial charge in [-0.05, 0) is 69.4 Å². The molecule has 1 amide bonds. The number of amides is 1. The van der Waals surface area contributed by atoms with Crippen molar-refractivity contribution in [2.45, 2.75) is 50.3 Å². The van der Waals surface area contributed by atoms with E-state index in [0.29, 0.717) is 5.56 Å². The average Bonchev–Trinajstić information content (AvgIpc) is 2.85. The number of ketones is 2. The molecular formula is C28H36N4O7. The van der Waals surface area contributed by atoms with Crippen LogP contribution in [0, 0.1) is 11.8 Å². The number of benzene rings is 1. The summed E-state index contributed by atoms with van der Waals surface area (Å²) < 4.78 is 0. The van der Waals surface area contributed by atoms with Crippen molar-refractivity contribution in [2.75, 3.05) is 39.1 Å². The number of likely N-dealkylation sites (N-methyl/N-ethyl adjacent to an activating group) is 1. The minimum absolute atomic E-state index is 0.0151. The Kier molecular flexibility index (Phi) is 6.52. The Morgan fingerprint density at radius 2 is 1.95 bits per heavy atom. The molecule has 1 fully saturated rings. The van der Waals surface area contributed by atoms with Crippen LogP contribution in [-0.2, 0) is 20.8 Å². The number of phenolic OH excluding ortho intramolecular Hbond substituents is 1. The van der Waals surface area contributed by atoms with Crippen molar-refractivity contribution in [1.82, 2.24) is 10.2 Å². The summed E-state index contributed by atoms with van der Waals surface area (Å²) in [4.78, 5) is 42.9. The van der Waals surface area contributed by atoms with E-state index in [1.54, 1.807) is 20.2 Å². The summed E-state index contributed by atoms with van der Waals surface area (Å²) in [6, 6.07) is 0.524. The number of phenols is 1. The van der Waals surface area contributed by atoms with Gasteiger partial charge in [0.05, 0.1) is 11.6 Å². The molecule has 1 aliphatic heterocycles. The van der Waals surface area contributed by atoms with Gasteiger partial charge in [-0.1, -0.05) is 6.92 Å². The highest BCUT2D eigenvalue weighted by Gasteiger charge is 2.64. The highest BCUT2D eigenvalue weighted by molar-refractivity contribution is 6.24. The van der Waals surface area contributed by atoms with Crippen LogP contribution in [0.5, 0.6) is 5.75 Å². The largest absolute Gasteiger partial charge is 0.508 e. The molecule has 210 valence electrons. The van der Waals surface area contributed by atoms with Crippen LogP contribution in [-0.4, -0.2) is 88.7 Å². The molecule has 39 heavy (non-hydrogen) atoms. The first-order chi connectivity index (χ1) is 18.4. The number of aromatic hydroxyl groups is 1. The summed E-state index contributed by atoms with van der Waals surface area (Å²) in [5, 5.41) is 48.8. The number of aliphatic hydroxyl groups excluding tert-OH is 2. The maximum Gasteiger partial charge on any atom is 0.255 e. The monoisotopic (exact) mass is 540 g/mol. The zero-order valence-corrected chi connectivity index (χ0v) is 22.6.